The molecule has 0 aliphatic carbocycles. The lowest BCUT2D eigenvalue weighted by atomic mass is 10.1. The van der Waals surface area contributed by atoms with Crippen LogP contribution in [0.15, 0.2) is 30.3 Å². The van der Waals surface area contributed by atoms with Gasteiger partial charge < -0.3 is 9.30 Å². The molecule has 2 aliphatic rings. The average molecular weight is 424 g/mol. The molecule has 2 aliphatic heterocycles. The van der Waals surface area contributed by atoms with Crippen molar-refractivity contribution >= 4 is 23.4 Å². The number of benzene rings is 1. The fraction of sp³-hybridized carbons (Fsp3) is 0.458. The van der Waals surface area contributed by atoms with Crippen molar-refractivity contribution in [2.24, 2.45) is 0 Å². The maximum Gasteiger partial charge on any atom is 0.332 e. The van der Waals surface area contributed by atoms with E-state index >= 15 is 0 Å². The van der Waals surface area contributed by atoms with Gasteiger partial charge >= 0.3 is 6.03 Å². The summed E-state index contributed by atoms with van der Waals surface area (Å²) in [6, 6.07) is 8.19. The number of Topliss-reactive ketones (excluding diaryl/α,β-unsaturated/α-hetero) is 1. The molecule has 164 valence electrons. The van der Waals surface area contributed by atoms with Crippen molar-refractivity contribution in [3.05, 3.63) is 52.8 Å². The predicted octanol–water partition coefficient (Wildman–Crippen LogP) is 3.63. The Balaban J connectivity index is 1.52. The monoisotopic (exact) mass is 423 g/mol. The van der Waals surface area contributed by atoms with E-state index in [1.54, 1.807) is 6.92 Å². The van der Waals surface area contributed by atoms with E-state index in [9.17, 15) is 14.4 Å². The van der Waals surface area contributed by atoms with E-state index in [1.165, 1.54) is 4.90 Å². The van der Waals surface area contributed by atoms with Crippen LogP contribution in [0.5, 0.6) is 0 Å². The maximum atomic E-state index is 13.1. The predicted molar refractivity (Wildman–Crippen MR) is 117 cm³/mol. The number of ketones is 1. The molecule has 0 unspecified atom stereocenters. The van der Waals surface area contributed by atoms with Gasteiger partial charge in [0.15, 0.2) is 5.78 Å². The molecule has 0 radical (unpaired) electrons. The number of hydrogen-bond acceptors (Lipinski definition) is 4. The van der Waals surface area contributed by atoms with E-state index in [0.717, 1.165) is 41.3 Å². The number of carbonyl (C=O) groups excluding carboxylic acids is 3. The quantitative estimate of drug-likeness (QED) is 0.525. The standard InChI is InChI=1S/C24H29N3O4/c1-15-7-9-19(10-8-15)27-18(4)23(29)26(24(27)30)14-22(28)21-12-16(2)25(17(21)3)13-20-6-5-11-31-20/h7-10,12,18,20H,5-6,11,13-14H2,1-4H3/t18-,20+/m1/s1. The molecule has 3 heterocycles. The van der Waals surface area contributed by atoms with Crippen molar-refractivity contribution in [2.45, 2.75) is 59.2 Å². The SMILES string of the molecule is Cc1ccc(N2C(=O)N(CC(=O)c3cc(C)n(C[C@@H]4CCCO4)c3C)C(=O)[C@H]2C)cc1. The number of anilines is 1. The summed E-state index contributed by atoms with van der Waals surface area (Å²) in [5, 5.41) is 0. The summed E-state index contributed by atoms with van der Waals surface area (Å²) in [4.78, 5) is 41.5. The molecule has 2 aromatic rings. The molecule has 3 amide bonds. The number of rotatable bonds is 6. The lowest BCUT2D eigenvalue weighted by Gasteiger charge is -2.19. The van der Waals surface area contributed by atoms with Crippen LogP contribution in [0.25, 0.3) is 0 Å². The van der Waals surface area contributed by atoms with Crippen molar-refractivity contribution in [3.8, 4) is 0 Å². The highest BCUT2D eigenvalue weighted by Crippen LogP contribution is 2.27. The van der Waals surface area contributed by atoms with Gasteiger partial charge in [0, 0.05) is 35.8 Å². The fourth-order valence-corrected chi connectivity index (χ4v) is 4.50. The van der Waals surface area contributed by atoms with Gasteiger partial charge in [-0.15, -0.1) is 0 Å². The van der Waals surface area contributed by atoms with Gasteiger partial charge in [-0.25, -0.2) is 4.79 Å². The summed E-state index contributed by atoms with van der Waals surface area (Å²) in [5.74, 6) is -0.585. The van der Waals surface area contributed by atoms with Gasteiger partial charge in [0.1, 0.15) is 6.04 Å². The zero-order valence-electron chi connectivity index (χ0n) is 18.6. The molecule has 0 N–H and O–H groups in total. The Kier molecular flexibility index (Phi) is 5.71. The first-order valence-electron chi connectivity index (χ1n) is 10.8. The molecule has 2 saturated heterocycles. The van der Waals surface area contributed by atoms with E-state index < -0.39 is 12.1 Å². The molecule has 0 bridgehead atoms. The van der Waals surface area contributed by atoms with Crippen molar-refractivity contribution in [3.63, 3.8) is 0 Å². The molecule has 0 spiro atoms. The van der Waals surface area contributed by atoms with Crippen LogP contribution in [0.2, 0.25) is 0 Å². The maximum absolute atomic E-state index is 13.1. The minimum atomic E-state index is -0.644. The lowest BCUT2D eigenvalue weighted by molar-refractivity contribution is -0.126. The largest absolute Gasteiger partial charge is 0.376 e. The first-order valence-corrected chi connectivity index (χ1v) is 10.8. The van der Waals surface area contributed by atoms with Crippen molar-refractivity contribution < 1.29 is 19.1 Å². The lowest BCUT2D eigenvalue weighted by Crippen LogP contribution is -2.37. The number of imide groups is 1. The molecule has 2 fully saturated rings. The highest BCUT2D eigenvalue weighted by atomic mass is 16.5. The summed E-state index contributed by atoms with van der Waals surface area (Å²) in [5.41, 5.74) is 4.10. The Labute approximate surface area is 182 Å². The van der Waals surface area contributed by atoms with Crippen LogP contribution in [-0.4, -0.2) is 52.5 Å². The van der Waals surface area contributed by atoms with Crippen LogP contribution in [0.3, 0.4) is 0 Å². The average Bonchev–Trinajstić information content (AvgIpc) is 3.41. The van der Waals surface area contributed by atoms with E-state index in [1.807, 2.05) is 51.1 Å². The van der Waals surface area contributed by atoms with Crippen LogP contribution in [0.4, 0.5) is 10.5 Å². The second-order valence-electron chi connectivity index (χ2n) is 8.54. The van der Waals surface area contributed by atoms with Crippen LogP contribution >= 0.6 is 0 Å². The number of amides is 3. The third-order valence-corrected chi connectivity index (χ3v) is 6.35. The molecule has 2 atom stereocenters. The molecule has 7 heteroatoms. The van der Waals surface area contributed by atoms with E-state index in [-0.39, 0.29) is 24.3 Å². The number of urea groups is 1. The molecule has 1 aromatic heterocycles. The van der Waals surface area contributed by atoms with Crippen molar-refractivity contribution in [2.75, 3.05) is 18.1 Å². The van der Waals surface area contributed by atoms with Gasteiger partial charge in [-0.3, -0.25) is 19.4 Å². The number of aromatic nitrogens is 1. The normalized spacial score (nSPS) is 21.4. The van der Waals surface area contributed by atoms with Gasteiger partial charge in [0.05, 0.1) is 12.6 Å². The molecule has 1 aromatic carbocycles. The Morgan fingerprint density at radius 2 is 1.84 bits per heavy atom. The third-order valence-electron chi connectivity index (χ3n) is 6.35. The topological polar surface area (TPSA) is 71.8 Å². The van der Waals surface area contributed by atoms with Crippen molar-refractivity contribution in [1.82, 2.24) is 9.47 Å². The van der Waals surface area contributed by atoms with Gasteiger partial charge in [-0.05, 0) is 58.7 Å². The summed E-state index contributed by atoms with van der Waals surface area (Å²) >= 11 is 0. The Hall–Kier alpha value is -2.93. The van der Waals surface area contributed by atoms with E-state index in [4.69, 9.17) is 4.74 Å². The number of ether oxygens (including phenoxy) is 1. The Morgan fingerprint density at radius 3 is 2.48 bits per heavy atom. The summed E-state index contributed by atoms with van der Waals surface area (Å²) in [6.07, 6.45) is 2.24. The first kappa shape index (κ1) is 21.3. The number of carbonyl (C=O) groups is 3. The second kappa shape index (κ2) is 8.30. The second-order valence-corrected chi connectivity index (χ2v) is 8.54. The van der Waals surface area contributed by atoms with Crippen LogP contribution < -0.4 is 4.90 Å². The molecule has 31 heavy (non-hydrogen) atoms. The summed E-state index contributed by atoms with van der Waals surface area (Å²) in [6.45, 7) is 8.77. The Bertz CT molecular complexity index is 1020. The Morgan fingerprint density at radius 1 is 1.13 bits per heavy atom. The minimum absolute atomic E-state index is 0.165. The number of hydrogen-bond donors (Lipinski definition) is 0. The van der Waals surface area contributed by atoms with Crippen LogP contribution in [0.1, 0.15) is 47.1 Å². The highest BCUT2D eigenvalue weighted by molar-refractivity contribution is 6.16. The molecular weight excluding hydrogens is 394 g/mol. The van der Waals surface area contributed by atoms with Gasteiger partial charge in [-0.1, -0.05) is 17.7 Å². The first-order chi connectivity index (χ1) is 14.8. The van der Waals surface area contributed by atoms with E-state index in [2.05, 4.69) is 4.57 Å². The third kappa shape index (κ3) is 3.90. The zero-order chi connectivity index (χ0) is 22.3. The number of nitrogens with zero attached hydrogens (tertiary/aromatic N) is 3. The fourth-order valence-electron chi connectivity index (χ4n) is 4.50. The molecule has 7 nitrogen and oxygen atoms in total. The molecular formula is C24H29N3O4. The summed E-state index contributed by atoms with van der Waals surface area (Å²) < 4.78 is 7.83. The zero-order valence-corrected chi connectivity index (χ0v) is 18.6. The van der Waals surface area contributed by atoms with Gasteiger partial charge in [0.25, 0.3) is 5.91 Å². The van der Waals surface area contributed by atoms with E-state index in [0.29, 0.717) is 17.8 Å². The molecule has 4 rings (SSSR count). The van der Waals surface area contributed by atoms with Crippen LogP contribution in [0, 0.1) is 20.8 Å². The minimum Gasteiger partial charge on any atom is -0.376 e. The van der Waals surface area contributed by atoms with Gasteiger partial charge in [0.2, 0.25) is 0 Å². The van der Waals surface area contributed by atoms with Gasteiger partial charge in [-0.2, -0.15) is 0 Å². The summed E-state index contributed by atoms with van der Waals surface area (Å²) in [7, 11) is 0. The van der Waals surface area contributed by atoms with Crippen LogP contribution in [-0.2, 0) is 16.1 Å². The highest BCUT2D eigenvalue weighted by Gasteiger charge is 2.44. The number of aryl methyl sites for hydroxylation is 2. The smallest absolute Gasteiger partial charge is 0.332 e. The molecule has 0 saturated carbocycles. The van der Waals surface area contributed by atoms with Crippen molar-refractivity contribution in [1.29, 1.82) is 0 Å².